The zero-order chi connectivity index (χ0) is 5.82. The number of allylic oxidation sites excluding steroid dienone is 4. The maximum absolute atomic E-state index is 8.30. The Labute approximate surface area is 48.9 Å². The average Bonchev–Trinajstić information content (AvgIpc) is 1.90. The van der Waals surface area contributed by atoms with Crippen molar-refractivity contribution in [2.75, 3.05) is 0 Å². The van der Waals surface area contributed by atoms with E-state index < -0.39 is 0 Å². The van der Waals surface area contributed by atoms with Crippen LogP contribution in [0.2, 0.25) is 0 Å². The first-order valence-corrected chi connectivity index (χ1v) is 2.53. The zero-order valence-electron chi connectivity index (χ0n) is 4.46. The highest BCUT2D eigenvalue weighted by Crippen LogP contribution is 2.08. The fourth-order valence-corrected chi connectivity index (χ4v) is 0.599. The molecule has 0 spiro atoms. The molecule has 0 atom stereocenters. The molecule has 0 unspecified atom stereocenters. The SMILES string of the molecule is N#C[C+]1C=CCC=C1. The van der Waals surface area contributed by atoms with Gasteiger partial charge in [-0.15, -0.1) is 0 Å². The normalized spacial score (nSPS) is 16.1. The molecule has 0 saturated heterocycles. The van der Waals surface area contributed by atoms with Crippen LogP contribution >= 0.6 is 0 Å². The summed E-state index contributed by atoms with van der Waals surface area (Å²) in [4.78, 5) is 0. The van der Waals surface area contributed by atoms with Crippen LogP contribution < -0.4 is 0 Å². The van der Waals surface area contributed by atoms with Gasteiger partial charge in [-0.05, 0) is 0 Å². The van der Waals surface area contributed by atoms with E-state index >= 15 is 0 Å². The summed E-state index contributed by atoms with van der Waals surface area (Å²) in [6.07, 6.45) is 8.57. The topological polar surface area (TPSA) is 23.8 Å². The minimum Gasteiger partial charge on any atom is -0.176 e. The molecule has 1 rings (SSSR count). The summed E-state index contributed by atoms with van der Waals surface area (Å²) >= 11 is 0. The molecule has 0 aromatic carbocycles. The number of hydrogen-bond donors (Lipinski definition) is 0. The molecule has 8 heavy (non-hydrogen) atoms. The van der Waals surface area contributed by atoms with Crippen molar-refractivity contribution >= 4 is 0 Å². The predicted molar refractivity (Wildman–Crippen MR) is 31.8 cm³/mol. The molecule has 1 aliphatic carbocycles. The molecule has 1 heteroatoms. The van der Waals surface area contributed by atoms with Gasteiger partial charge in [0.2, 0.25) is 0 Å². The monoisotopic (exact) mass is 104 g/mol. The Kier molecular flexibility index (Phi) is 1.39. The van der Waals surface area contributed by atoms with E-state index in [1.807, 2.05) is 30.4 Å². The fourth-order valence-electron chi connectivity index (χ4n) is 0.599. The fraction of sp³-hybridized carbons (Fsp3) is 0.143. The molecule has 1 aliphatic rings. The van der Waals surface area contributed by atoms with Gasteiger partial charge in [-0.2, -0.15) is 5.26 Å². The van der Waals surface area contributed by atoms with Crippen LogP contribution in [0.15, 0.2) is 24.3 Å². The quantitative estimate of drug-likeness (QED) is 0.428. The second-order valence-electron chi connectivity index (χ2n) is 1.61. The van der Waals surface area contributed by atoms with Crippen LogP contribution in [0.4, 0.5) is 0 Å². The summed E-state index contributed by atoms with van der Waals surface area (Å²) in [7, 11) is 0. The second-order valence-corrected chi connectivity index (χ2v) is 1.61. The third-order valence-electron chi connectivity index (χ3n) is 0.996. The van der Waals surface area contributed by atoms with Gasteiger partial charge in [-0.1, -0.05) is 0 Å². The zero-order valence-corrected chi connectivity index (χ0v) is 4.46. The molecule has 0 N–H and O–H groups in total. The number of hydrogen-bond acceptors (Lipinski definition) is 1. The standard InChI is InChI=1S/C7H6N/c8-6-7-4-2-1-3-5-7/h2-5H,1H2/q+1. The van der Waals surface area contributed by atoms with Gasteiger partial charge in [-0.3, -0.25) is 0 Å². The van der Waals surface area contributed by atoms with Crippen molar-refractivity contribution in [3.8, 4) is 6.07 Å². The number of nitrogens with zero attached hydrogens (tertiary/aromatic N) is 1. The molecule has 1 nitrogen and oxygen atoms in total. The molecule has 0 bridgehead atoms. The number of nitriles is 1. The lowest BCUT2D eigenvalue weighted by atomic mass is 10.1. The Balaban J connectivity index is 2.58. The minimum absolute atomic E-state index is 0.747. The summed E-state index contributed by atoms with van der Waals surface area (Å²) in [5.74, 6) is 0.747. The average molecular weight is 104 g/mol. The maximum atomic E-state index is 8.30. The first-order valence-electron chi connectivity index (χ1n) is 2.53. The van der Waals surface area contributed by atoms with E-state index in [9.17, 15) is 0 Å². The second kappa shape index (κ2) is 2.23. The molecular weight excluding hydrogens is 98.1 g/mol. The molecular formula is C7H6N+. The van der Waals surface area contributed by atoms with Gasteiger partial charge in [-0.25, -0.2) is 0 Å². The molecule has 0 aromatic rings. The summed E-state index contributed by atoms with van der Waals surface area (Å²) in [6.45, 7) is 0. The Morgan fingerprint density at radius 2 is 2.00 bits per heavy atom. The van der Waals surface area contributed by atoms with Crippen LogP contribution in [-0.4, -0.2) is 0 Å². The molecule has 0 amide bonds. The molecule has 0 heterocycles. The third kappa shape index (κ3) is 0.913. The van der Waals surface area contributed by atoms with Gasteiger partial charge in [0, 0.05) is 12.2 Å². The van der Waals surface area contributed by atoms with Gasteiger partial charge in [0.05, 0.1) is 18.6 Å². The Morgan fingerprint density at radius 1 is 1.38 bits per heavy atom. The lowest BCUT2D eigenvalue weighted by Crippen LogP contribution is -1.85. The largest absolute Gasteiger partial charge is 0.176 e. The molecule has 38 valence electrons. The van der Waals surface area contributed by atoms with E-state index in [1.165, 1.54) is 0 Å². The summed E-state index contributed by atoms with van der Waals surface area (Å²) in [5.41, 5.74) is 0. The van der Waals surface area contributed by atoms with Crippen LogP contribution in [0.1, 0.15) is 6.42 Å². The van der Waals surface area contributed by atoms with Crippen molar-refractivity contribution in [2.45, 2.75) is 6.42 Å². The first-order chi connectivity index (χ1) is 3.93. The van der Waals surface area contributed by atoms with Gasteiger partial charge < -0.3 is 0 Å². The van der Waals surface area contributed by atoms with Crippen molar-refractivity contribution in [3.05, 3.63) is 30.2 Å². The van der Waals surface area contributed by atoms with E-state index in [0.717, 1.165) is 12.3 Å². The van der Waals surface area contributed by atoms with Crippen molar-refractivity contribution in [1.29, 1.82) is 5.26 Å². The highest BCUT2D eigenvalue weighted by Gasteiger charge is 2.06. The molecule has 0 saturated carbocycles. The Morgan fingerprint density at radius 3 is 2.38 bits per heavy atom. The maximum Gasteiger partial charge on any atom is 0.169 e. The van der Waals surface area contributed by atoms with E-state index in [4.69, 9.17) is 5.26 Å². The highest BCUT2D eigenvalue weighted by atomic mass is 14.3. The summed E-state index contributed by atoms with van der Waals surface area (Å²) < 4.78 is 0. The van der Waals surface area contributed by atoms with Crippen LogP contribution in [0.3, 0.4) is 0 Å². The predicted octanol–water partition coefficient (Wildman–Crippen LogP) is 1.60. The molecule has 0 aromatic heterocycles. The van der Waals surface area contributed by atoms with E-state index in [-0.39, 0.29) is 0 Å². The number of rotatable bonds is 0. The van der Waals surface area contributed by atoms with Crippen LogP contribution in [0.5, 0.6) is 0 Å². The van der Waals surface area contributed by atoms with Crippen molar-refractivity contribution in [3.63, 3.8) is 0 Å². The van der Waals surface area contributed by atoms with Gasteiger partial charge in [0.15, 0.2) is 12.0 Å². The van der Waals surface area contributed by atoms with Crippen LogP contribution in [0.25, 0.3) is 0 Å². The lowest BCUT2D eigenvalue weighted by molar-refractivity contribution is 1.28. The van der Waals surface area contributed by atoms with E-state index in [0.29, 0.717) is 0 Å². The van der Waals surface area contributed by atoms with E-state index in [1.54, 1.807) is 0 Å². The van der Waals surface area contributed by atoms with Crippen molar-refractivity contribution < 1.29 is 0 Å². The first kappa shape index (κ1) is 4.99. The molecule has 0 fully saturated rings. The summed E-state index contributed by atoms with van der Waals surface area (Å²) in [5, 5.41) is 8.30. The van der Waals surface area contributed by atoms with Crippen molar-refractivity contribution in [1.82, 2.24) is 0 Å². The van der Waals surface area contributed by atoms with Gasteiger partial charge in [0.1, 0.15) is 0 Å². The Hall–Kier alpha value is -1.16. The smallest absolute Gasteiger partial charge is 0.169 e. The van der Waals surface area contributed by atoms with Crippen LogP contribution in [0, 0.1) is 17.2 Å². The minimum atomic E-state index is 0.747. The third-order valence-corrected chi connectivity index (χ3v) is 0.996. The van der Waals surface area contributed by atoms with Crippen LogP contribution in [-0.2, 0) is 0 Å². The summed E-state index contributed by atoms with van der Waals surface area (Å²) in [6, 6.07) is 2.05. The van der Waals surface area contributed by atoms with E-state index in [2.05, 4.69) is 0 Å². The van der Waals surface area contributed by atoms with Gasteiger partial charge in [0.25, 0.3) is 0 Å². The molecule has 0 radical (unpaired) electrons. The molecule has 0 aliphatic heterocycles. The highest BCUT2D eigenvalue weighted by molar-refractivity contribution is 5.37. The Bertz CT molecular complexity index is 148. The lowest BCUT2D eigenvalue weighted by Gasteiger charge is -1.87. The van der Waals surface area contributed by atoms with Gasteiger partial charge >= 0.3 is 0 Å². The van der Waals surface area contributed by atoms with Crippen molar-refractivity contribution in [2.24, 2.45) is 0 Å².